The fourth-order valence-electron chi connectivity index (χ4n) is 3.60. The highest BCUT2D eigenvalue weighted by Gasteiger charge is 2.44. The Balaban J connectivity index is 1.82. The molecule has 30 heavy (non-hydrogen) atoms. The van der Waals surface area contributed by atoms with Crippen molar-refractivity contribution >= 4 is 27.5 Å². The number of methoxy groups -OCH3 is 1. The second-order valence-corrected chi connectivity index (χ2v) is 9.80. The molecule has 0 radical (unpaired) electrons. The summed E-state index contributed by atoms with van der Waals surface area (Å²) in [6, 6.07) is 12.1. The number of nitrogens with one attached hydrogen (secondary N) is 1. The zero-order valence-electron chi connectivity index (χ0n) is 17.4. The Morgan fingerprint density at radius 2 is 1.77 bits per heavy atom. The van der Waals surface area contributed by atoms with Crippen molar-refractivity contribution in [3.8, 4) is 5.75 Å². The van der Waals surface area contributed by atoms with Crippen molar-refractivity contribution in [3.63, 3.8) is 0 Å². The van der Waals surface area contributed by atoms with Crippen LogP contribution in [0.25, 0.3) is 0 Å². The van der Waals surface area contributed by atoms with Crippen LogP contribution in [0, 0.1) is 0 Å². The van der Waals surface area contributed by atoms with Gasteiger partial charge in [-0.3, -0.25) is 4.79 Å². The highest BCUT2D eigenvalue weighted by molar-refractivity contribution is 7.89. The Morgan fingerprint density at radius 3 is 2.30 bits per heavy atom. The maximum absolute atomic E-state index is 13.0. The molecule has 162 valence electrons. The first-order valence-electron chi connectivity index (χ1n) is 10.00. The van der Waals surface area contributed by atoms with Crippen molar-refractivity contribution in [1.82, 2.24) is 9.62 Å². The smallest absolute Gasteiger partial charge is 0.255 e. The number of sulfonamides is 1. The molecule has 1 saturated carbocycles. The molecular weight excluding hydrogens is 424 g/mol. The number of ether oxygens (including phenoxy) is 1. The number of hydrogen-bond acceptors (Lipinski definition) is 4. The lowest BCUT2D eigenvalue weighted by Crippen LogP contribution is -2.33. The van der Waals surface area contributed by atoms with Gasteiger partial charge in [-0.1, -0.05) is 37.6 Å². The second-order valence-electron chi connectivity index (χ2n) is 7.42. The molecule has 1 amide bonds. The van der Waals surface area contributed by atoms with Gasteiger partial charge in [-0.2, -0.15) is 4.31 Å². The zero-order valence-corrected chi connectivity index (χ0v) is 19.0. The van der Waals surface area contributed by atoms with E-state index >= 15 is 0 Å². The summed E-state index contributed by atoms with van der Waals surface area (Å²) < 4.78 is 32.4. The maximum atomic E-state index is 13.0. The number of carbonyl (C=O) groups excluding carboxylic acids is 1. The van der Waals surface area contributed by atoms with Gasteiger partial charge in [0, 0.05) is 30.1 Å². The summed E-state index contributed by atoms with van der Waals surface area (Å²) in [5.41, 5.74) is 1.24. The van der Waals surface area contributed by atoms with E-state index < -0.39 is 10.0 Å². The van der Waals surface area contributed by atoms with Crippen LogP contribution in [0.1, 0.15) is 42.6 Å². The van der Waals surface area contributed by atoms with E-state index in [-0.39, 0.29) is 21.8 Å². The fraction of sp³-hybridized carbons (Fsp3) is 0.409. The summed E-state index contributed by atoms with van der Waals surface area (Å²) in [6.07, 6.45) is 1.95. The van der Waals surface area contributed by atoms with E-state index in [4.69, 9.17) is 16.3 Å². The standard InChI is InChI=1S/C22H27ClN2O4S/c1-4-25(5-2)30(27,28)18-10-11-20(29-3)19(14-18)21(26)24-15-22(12-13-22)16-6-8-17(23)9-7-16/h6-11,14H,4-5,12-13,15H2,1-3H3,(H,24,26). The molecule has 0 bridgehead atoms. The predicted molar refractivity (Wildman–Crippen MR) is 118 cm³/mol. The Bertz CT molecular complexity index is 1010. The number of benzene rings is 2. The molecule has 1 N–H and O–H groups in total. The van der Waals surface area contributed by atoms with Crippen LogP contribution in [-0.2, 0) is 15.4 Å². The number of halogens is 1. The third-order valence-electron chi connectivity index (χ3n) is 5.66. The minimum absolute atomic E-state index is 0.0796. The minimum atomic E-state index is -3.67. The molecule has 6 nitrogen and oxygen atoms in total. The van der Waals surface area contributed by atoms with Crippen LogP contribution >= 0.6 is 11.6 Å². The van der Waals surface area contributed by atoms with Gasteiger partial charge >= 0.3 is 0 Å². The lowest BCUT2D eigenvalue weighted by molar-refractivity contribution is 0.0946. The van der Waals surface area contributed by atoms with Gasteiger partial charge in [-0.15, -0.1) is 0 Å². The molecule has 0 aliphatic heterocycles. The minimum Gasteiger partial charge on any atom is -0.496 e. The zero-order chi connectivity index (χ0) is 21.9. The van der Waals surface area contributed by atoms with Crippen molar-refractivity contribution in [2.24, 2.45) is 0 Å². The van der Waals surface area contributed by atoms with E-state index in [0.29, 0.717) is 30.4 Å². The average Bonchev–Trinajstić information content (AvgIpc) is 3.53. The van der Waals surface area contributed by atoms with Crippen LogP contribution in [0.4, 0.5) is 0 Å². The second kappa shape index (κ2) is 8.96. The van der Waals surface area contributed by atoms with Crippen LogP contribution in [0.5, 0.6) is 5.75 Å². The van der Waals surface area contributed by atoms with Gasteiger partial charge in [0.15, 0.2) is 0 Å². The largest absolute Gasteiger partial charge is 0.496 e. The summed E-state index contributed by atoms with van der Waals surface area (Å²) in [7, 11) is -2.22. The van der Waals surface area contributed by atoms with Gasteiger partial charge in [0.1, 0.15) is 5.75 Å². The van der Waals surface area contributed by atoms with Crippen LogP contribution < -0.4 is 10.1 Å². The molecule has 3 rings (SSSR count). The highest BCUT2D eigenvalue weighted by atomic mass is 35.5. The predicted octanol–water partition coefficient (Wildman–Crippen LogP) is 3.84. The lowest BCUT2D eigenvalue weighted by Gasteiger charge is -2.20. The van der Waals surface area contributed by atoms with E-state index in [1.54, 1.807) is 13.8 Å². The molecule has 1 fully saturated rings. The molecule has 0 atom stereocenters. The molecule has 0 spiro atoms. The summed E-state index contributed by atoms with van der Waals surface area (Å²) in [5, 5.41) is 3.64. The lowest BCUT2D eigenvalue weighted by atomic mass is 9.96. The molecule has 0 aromatic heterocycles. The summed E-state index contributed by atoms with van der Waals surface area (Å²) in [5.74, 6) is -0.0222. The topological polar surface area (TPSA) is 75.7 Å². The molecule has 0 heterocycles. The molecule has 0 saturated heterocycles. The van der Waals surface area contributed by atoms with E-state index in [9.17, 15) is 13.2 Å². The van der Waals surface area contributed by atoms with Crippen molar-refractivity contribution in [2.75, 3.05) is 26.7 Å². The molecule has 8 heteroatoms. The molecule has 2 aromatic carbocycles. The first kappa shape index (κ1) is 22.6. The average molecular weight is 451 g/mol. The number of hydrogen-bond donors (Lipinski definition) is 1. The first-order valence-corrected chi connectivity index (χ1v) is 11.8. The van der Waals surface area contributed by atoms with Crippen LogP contribution in [0.15, 0.2) is 47.4 Å². The molecule has 1 aliphatic rings. The monoisotopic (exact) mass is 450 g/mol. The van der Waals surface area contributed by atoms with Crippen molar-refractivity contribution in [3.05, 3.63) is 58.6 Å². The number of amides is 1. The normalized spacial score (nSPS) is 15.1. The Morgan fingerprint density at radius 1 is 1.13 bits per heavy atom. The summed E-state index contributed by atoms with van der Waals surface area (Å²) in [6.45, 7) is 4.74. The van der Waals surface area contributed by atoms with Gasteiger partial charge in [0.2, 0.25) is 10.0 Å². The Labute approximate surface area is 183 Å². The van der Waals surface area contributed by atoms with Crippen molar-refractivity contribution in [1.29, 1.82) is 0 Å². The number of nitrogens with zero attached hydrogens (tertiary/aromatic N) is 1. The van der Waals surface area contributed by atoms with Gasteiger partial charge < -0.3 is 10.1 Å². The Kier molecular flexibility index (Phi) is 6.75. The quantitative estimate of drug-likeness (QED) is 0.629. The van der Waals surface area contributed by atoms with Crippen LogP contribution in [0.3, 0.4) is 0 Å². The molecular formula is C22H27ClN2O4S. The molecule has 1 aliphatic carbocycles. The number of carbonyl (C=O) groups is 1. The van der Waals surface area contributed by atoms with E-state index in [1.807, 2.05) is 24.3 Å². The third-order valence-corrected chi connectivity index (χ3v) is 7.95. The molecule has 0 unspecified atom stereocenters. The van der Waals surface area contributed by atoms with Gasteiger partial charge in [0.05, 0.1) is 17.6 Å². The van der Waals surface area contributed by atoms with Crippen molar-refractivity contribution in [2.45, 2.75) is 37.0 Å². The summed E-state index contributed by atoms with van der Waals surface area (Å²) >= 11 is 5.98. The number of rotatable bonds is 9. The third kappa shape index (κ3) is 4.48. The fourth-order valence-corrected chi connectivity index (χ4v) is 5.21. The Hall–Kier alpha value is -2.09. The van der Waals surface area contributed by atoms with Gasteiger partial charge in [0.25, 0.3) is 5.91 Å². The first-order chi connectivity index (χ1) is 14.3. The van der Waals surface area contributed by atoms with Crippen LogP contribution in [-0.4, -0.2) is 45.4 Å². The van der Waals surface area contributed by atoms with E-state index in [1.165, 1.54) is 29.6 Å². The van der Waals surface area contributed by atoms with Gasteiger partial charge in [-0.25, -0.2) is 8.42 Å². The van der Waals surface area contributed by atoms with Gasteiger partial charge in [-0.05, 0) is 48.7 Å². The highest BCUT2D eigenvalue weighted by Crippen LogP contribution is 2.47. The summed E-state index contributed by atoms with van der Waals surface area (Å²) in [4.78, 5) is 13.0. The molecule has 2 aromatic rings. The van der Waals surface area contributed by atoms with E-state index in [2.05, 4.69) is 5.32 Å². The van der Waals surface area contributed by atoms with Crippen molar-refractivity contribution < 1.29 is 17.9 Å². The SMILES string of the molecule is CCN(CC)S(=O)(=O)c1ccc(OC)c(C(=O)NCC2(c3ccc(Cl)cc3)CC2)c1. The van der Waals surface area contributed by atoms with Crippen LogP contribution in [0.2, 0.25) is 5.02 Å². The van der Waals surface area contributed by atoms with E-state index in [0.717, 1.165) is 18.4 Å². The maximum Gasteiger partial charge on any atom is 0.255 e.